The first kappa shape index (κ1) is 12.0. The summed E-state index contributed by atoms with van der Waals surface area (Å²) in [7, 11) is 0. The van der Waals surface area contributed by atoms with E-state index in [9.17, 15) is 14.9 Å². The summed E-state index contributed by atoms with van der Waals surface area (Å²) in [6.45, 7) is 2.23. The largest absolute Gasteiger partial charge is 0.375 e. The lowest BCUT2D eigenvalue weighted by atomic mass is 10.2. The van der Waals surface area contributed by atoms with Gasteiger partial charge in [-0.25, -0.2) is 0 Å². The highest BCUT2D eigenvalue weighted by atomic mass is 32.2. The van der Waals surface area contributed by atoms with E-state index >= 15 is 0 Å². The predicted octanol–water partition coefficient (Wildman–Crippen LogP) is 1.53. The number of nitrogens with one attached hydrogen (secondary N) is 1. The van der Waals surface area contributed by atoms with Crippen LogP contribution in [0.1, 0.15) is 26.2 Å². The van der Waals surface area contributed by atoms with Crippen LogP contribution in [0.25, 0.3) is 0 Å². The van der Waals surface area contributed by atoms with Crippen molar-refractivity contribution in [1.29, 1.82) is 0 Å². The maximum Gasteiger partial charge on any atom is 0.276 e. The van der Waals surface area contributed by atoms with Crippen molar-refractivity contribution in [3.05, 3.63) is 20.8 Å². The number of nitro groups is 1. The van der Waals surface area contributed by atoms with Crippen molar-refractivity contribution in [2.24, 2.45) is 0 Å². The van der Waals surface area contributed by atoms with Gasteiger partial charge in [-0.15, -0.1) is 11.8 Å². The molecule has 5 nitrogen and oxygen atoms in total. The zero-order chi connectivity index (χ0) is 11.3. The number of rotatable bonds is 4. The third-order valence-corrected chi connectivity index (χ3v) is 3.21. The van der Waals surface area contributed by atoms with Crippen LogP contribution in [-0.4, -0.2) is 23.0 Å². The molecular weight excluding hydrogens is 216 g/mol. The Hall–Kier alpha value is -1.04. The number of Topliss-reactive ketones (excluding diaryl/α,β-unsaturated/α-hetero) is 1. The van der Waals surface area contributed by atoms with Gasteiger partial charge in [0.05, 0.1) is 4.92 Å². The van der Waals surface area contributed by atoms with Crippen LogP contribution < -0.4 is 5.32 Å². The normalized spacial score (nSPS) is 19.3. The van der Waals surface area contributed by atoms with E-state index in [4.69, 9.17) is 0 Å². The van der Waals surface area contributed by atoms with Gasteiger partial charge >= 0.3 is 0 Å². The van der Waals surface area contributed by atoms with Gasteiger partial charge in [0.2, 0.25) is 0 Å². The summed E-state index contributed by atoms with van der Waals surface area (Å²) in [5.74, 6) is 0.885. The van der Waals surface area contributed by atoms with Gasteiger partial charge in [0.15, 0.2) is 0 Å². The number of thioether (sulfide) groups is 1. The molecule has 1 heterocycles. The topological polar surface area (TPSA) is 72.2 Å². The highest BCUT2D eigenvalue weighted by molar-refractivity contribution is 8.03. The van der Waals surface area contributed by atoms with E-state index < -0.39 is 0 Å². The molecule has 84 valence electrons. The summed E-state index contributed by atoms with van der Waals surface area (Å²) in [5.41, 5.74) is 0.148. The lowest BCUT2D eigenvalue weighted by Gasteiger charge is -2.15. The van der Waals surface area contributed by atoms with Crippen LogP contribution in [0, 0.1) is 10.1 Å². The molecule has 15 heavy (non-hydrogen) atoms. The summed E-state index contributed by atoms with van der Waals surface area (Å²) < 4.78 is 0. The van der Waals surface area contributed by atoms with Gasteiger partial charge in [-0.1, -0.05) is 0 Å². The van der Waals surface area contributed by atoms with Gasteiger partial charge in [-0.2, -0.15) is 0 Å². The fraction of sp³-hybridized carbons (Fsp3) is 0.667. The number of allylic oxidation sites excluding steroid dienone is 1. The van der Waals surface area contributed by atoms with Gasteiger partial charge in [0.1, 0.15) is 10.8 Å². The van der Waals surface area contributed by atoms with Crippen molar-refractivity contribution in [2.45, 2.75) is 26.2 Å². The molecule has 0 radical (unpaired) electrons. The quantitative estimate of drug-likeness (QED) is 0.585. The summed E-state index contributed by atoms with van der Waals surface area (Å²) in [6, 6.07) is 0. The van der Waals surface area contributed by atoms with Gasteiger partial charge < -0.3 is 10.1 Å². The molecule has 0 spiro atoms. The monoisotopic (exact) mass is 230 g/mol. The SMILES string of the molecule is CC(=O)CC/C(=C1/NCCCS1)[N+](=O)[O-]. The van der Waals surface area contributed by atoms with Crippen LogP contribution in [-0.2, 0) is 4.79 Å². The van der Waals surface area contributed by atoms with Crippen LogP contribution in [0.5, 0.6) is 0 Å². The molecule has 0 aromatic carbocycles. The van der Waals surface area contributed by atoms with Gasteiger partial charge in [0, 0.05) is 25.1 Å². The average Bonchev–Trinajstić information content (AvgIpc) is 2.18. The van der Waals surface area contributed by atoms with E-state index in [-0.39, 0.29) is 29.2 Å². The first-order chi connectivity index (χ1) is 7.11. The molecule has 0 aromatic heterocycles. The third-order valence-electron chi connectivity index (χ3n) is 2.05. The fourth-order valence-corrected chi connectivity index (χ4v) is 2.31. The first-order valence-electron chi connectivity index (χ1n) is 4.85. The van der Waals surface area contributed by atoms with Crippen LogP contribution in [0.15, 0.2) is 10.7 Å². The molecule has 1 saturated heterocycles. The second-order valence-electron chi connectivity index (χ2n) is 3.36. The van der Waals surface area contributed by atoms with Crippen molar-refractivity contribution >= 4 is 17.5 Å². The Morgan fingerprint density at radius 1 is 1.60 bits per heavy atom. The second kappa shape index (κ2) is 5.75. The smallest absolute Gasteiger partial charge is 0.276 e. The Balaban J connectivity index is 2.70. The summed E-state index contributed by atoms with van der Waals surface area (Å²) >= 11 is 1.47. The molecule has 0 amide bonds. The number of carbonyl (C=O) groups is 1. The van der Waals surface area contributed by atoms with Gasteiger partial charge in [-0.05, 0) is 13.3 Å². The lowest BCUT2D eigenvalue weighted by Crippen LogP contribution is -2.22. The highest BCUT2D eigenvalue weighted by Crippen LogP contribution is 2.24. The Morgan fingerprint density at radius 3 is 2.80 bits per heavy atom. The minimum Gasteiger partial charge on any atom is -0.375 e. The standard InChI is InChI=1S/C9H14N2O3S/c1-7(12)3-4-8(11(13)14)9-10-5-2-6-15-9/h10H,2-6H2,1H3/b9-8+. The minimum atomic E-state index is -0.385. The van der Waals surface area contributed by atoms with Crippen LogP contribution in [0.2, 0.25) is 0 Å². The van der Waals surface area contributed by atoms with Crippen LogP contribution >= 0.6 is 11.8 Å². The maximum atomic E-state index is 10.8. The number of hydrogen-bond donors (Lipinski definition) is 1. The first-order valence-corrected chi connectivity index (χ1v) is 5.83. The number of nitrogens with zero attached hydrogens (tertiary/aromatic N) is 1. The highest BCUT2D eigenvalue weighted by Gasteiger charge is 2.21. The fourth-order valence-electron chi connectivity index (χ4n) is 1.27. The summed E-state index contributed by atoms with van der Waals surface area (Å²) in [6.07, 6.45) is 1.48. The van der Waals surface area contributed by atoms with Crippen LogP contribution in [0.4, 0.5) is 0 Å². The Bertz CT molecular complexity index is 294. The zero-order valence-electron chi connectivity index (χ0n) is 8.62. The molecule has 0 bridgehead atoms. The van der Waals surface area contributed by atoms with E-state index in [2.05, 4.69) is 5.32 Å². The molecule has 1 aliphatic heterocycles. The number of hydrogen-bond acceptors (Lipinski definition) is 5. The second-order valence-corrected chi connectivity index (χ2v) is 4.47. The molecule has 1 aliphatic rings. The van der Waals surface area contributed by atoms with Crippen molar-refractivity contribution in [1.82, 2.24) is 5.32 Å². The van der Waals surface area contributed by atoms with Crippen molar-refractivity contribution in [3.63, 3.8) is 0 Å². The molecule has 1 rings (SSSR count). The molecular formula is C9H14N2O3S. The van der Waals surface area contributed by atoms with Crippen molar-refractivity contribution in [3.8, 4) is 0 Å². The Kier molecular flexibility index (Phi) is 4.61. The van der Waals surface area contributed by atoms with Crippen molar-refractivity contribution in [2.75, 3.05) is 12.3 Å². The third kappa shape index (κ3) is 3.91. The van der Waals surface area contributed by atoms with E-state index in [0.29, 0.717) is 5.03 Å². The lowest BCUT2D eigenvalue weighted by molar-refractivity contribution is -0.428. The van der Waals surface area contributed by atoms with E-state index in [1.807, 2.05) is 0 Å². The molecule has 0 unspecified atom stereocenters. The van der Waals surface area contributed by atoms with Crippen LogP contribution in [0.3, 0.4) is 0 Å². The predicted molar refractivity (Wildman–Crippen MR) is 59.0 cm³/mol. The van der Waals surface area contributed by atoms with E-state index in [0.717, 1.165) is 18.7 Å². The van der Waals surface area contributed by atoms with Gasteiger partial charge in [-0.3, -0.25) is 10.1 Å². The molecule has 1 fully saturated rings. The molecule has 0 aromatic rings. The van der Waals surface area contributed by atoms with E-state index in [1.165, 1.54) is 18.7 Å². The molecule has 6 heteroatoms. The number of ketones is 1. The average molecular weight is 230 g/mol. The summed E-state index contributed by atoms with van der Waals surface area (Å²) in [4.78, 5) is 21.2. The minimum absolute atomic E-state index is 0.0178. The zero-order valence-corrected chi connectivity index (χ0v) is 9.43. The van der Waals surface area contributed by atoms with E-state index in [1.54, 1.807) is 0 Å². The Morgan fingerprint density at radius 2 is 2.33 bits per heavy atom. The molecule has 0 atom stereocenters. The number of carbonyl (C=O) groups excluding carboxylic acids is 1. The molecule has 1 N–H and O–H groups in total. The maximum absolute atomic E-state index is 10.8. The van der Waals surface area contributed by atoms with Crippen molar-refractivity contribution < 1.29 is 9.72 Å². The van der Waals surface area contributed by atoms with Gasteiger partial charge in [0.25, 0.3) is 5.70 Å². The Labute approximate surface area is 92.5 Å². The summed E-state index contributed by atoms with van der Waals surface area (Å²) in [5, 5.41) is 14.4. The molecule has 0 aliphatic carbocycles. The molecule has 0 saturated carbocycles.